The Bertz CT molecular complexity index is 1350. The van der Waals surface area contributed by atoms with E-state index in [0.29, 0.717) is 0 Å². The summed E-state index contributed by atoms with van der Waals surface area (Å²) in [5, 5.41) is 10.8. The first kappa shape index (κ1) is 23.7. The minimum absolute atomic E-state index is 0.0130. The Balaban J connectivity index is 1.79. The maximum Gasteiger partial charge on any atom is 0.289 e. The summed E-state index contributed by atoms with van der Waals surface area (Å²) in [7, 11) is -6.52. The van der Waals surface area contributed by atoms with Gasteiger partial charge in [0.1, 0.15) is 5.02 Å². The number of anilines is 1. The Labute approximate surface area is 190 Å². The zero-order valence-electron chi connectivity index (χ0n) is 16.7. The second-order valence-electron chi connectivity index (χ2n) is 6.75. The van der Waals surface area contributed by atoms with Gasteiger partial charge in [0.2, 0.25) is 10.0 Å². The van der Waals surface area contributed by atoms with Crippen LogP contribution in [0.5, 0.6) is 0 Å². The largest absolute Gasteiger partial charge is 0.289 e. The molecule has 168 valence electrons. The standard InChI is InChI=1S/C20H18ClN3O6S2/c1-23(14-15-5-3-2-4-6-15)32(29,30)17-9-7-16(8-10-17)22-31(27,28)18-11-12-19(21)20(13-18)24(25)26/h2-13,22H,14H2,1H3. The molecule has 3 aromatic rings. The lowest BCUT2D eigenvalue weighted by Gasteiger charge is -2.17. The number of hydrogen-bond acceptors (Lipinski definition) is 6. The third-order valence-electron chi connectivity index (χ3n) is 4.49. The number of rotatable bonds is 8. The summed E-state index contributed by atoms with van der Waals surface area (Å²) in [6.07, 6.45) is 0. The molecule has 0 aliphatic heterocycles. The van der Waals surface area contributed by atoms with Gasteiger partial charge >= 0.3 is 0 Å². The summed E-state index contributed by atoms with van der Waals surface area (Å²) in [6, 6.07) is 17.3. The molecular weight excluding hydrogens is 478 g/mol. The Morgan fingerprint density at radius 1 is 0.938 bits per heavy atom. The molecule has 0 spiro atoms. The molecule has 0 fully saturated rings. The first-order chi connectivity index (χ1) is 15.0. The summed E-state index contributed by atoms with van der Waals surface area (Å²) < 4.78 is 54.2. The van der Waals surface area contributed by atoms with Gasteiger partial charge in [0.25, 0.3) is 15.7 Å². The lowest BCUT2D eigenvalue weighted by Crippen LogP contribution is -2.26. The molecule has 0 bridgehead atoms. The molecule has 3 rings (SSSR count). The van der Waals surface area contributed by atoms with Gasteiger partial charge in [0.15, 0.2) is 0 Å². The van der Waals surface area contributed by atoms with Crippen LogP contribution >= 0.6 is 11.6 Å². The normalized spacial score (nSPS) is 12.0. The van der Waals surface area contributed by atoms with Crippen LogP contribution in [-0.4, -0.2) is 33.1 Å². The number of nitrogens with zero attached hydrogens (tertiary/aromatic N) is 2. The number of nitro benzene ring substituents is 1. The van der Waals surface area contributed by atoms with Gasteiger partial charge in [-0.3, -0.25) is 14.8 Å². The Hall–Kier alpha value is -2.99. The molecule has 0 aliphatic rings. The summed E-state index contributed by atoms with van der Waals surface area (Å²) in [5.74, 6) is 0. The number of nitro groups is 1. The van der Waals surface area contributed by atoms with Crippen LogP contribution in [0.15, 0.2) is 82.6 Å². The van der Waals surface area contributed by atoms with Gasteiger partial charge in [-0.2, -0.15) is 4.31 Å². The zero-order chi connectivity index (χ0) is 23.5. The topological polar surface area (TPSA) is 127 Å². The number of sulfonamides is 2. The van der Waals surface area contributed by atoms with Crippen molar-refractivity contribution in [3.63, 3.8) is 0 Å². The minimum Gasteiger partial charge on any atom is -0.280 e. The molecule has 9 nitrogen and oxygen atoms in total. The van der Waals surface area contributed by atoms with Crippen LogP contribution in [-0.2, 0) is 26.6 Å². The first-order valence-electron chi connectivity index (χ1n) is 9.08. The Morgan fingerprint density at radius 2 is 1.53 bits per heavy atom. The molecule has 0 radical (unpaired) electrons. The van der Waals surface area contributed by atoms with Crippen LogP contribution in [0, 0.1) is 10.1 Å². The van der Waals surface area contributed by atoms with E-state index >= 15 is 0 Å². The second kappa shape index (κ2) is 9.25. The van der Waals surface area contributed by atoms with Crippen molar-refractivity contribution in [1.82, 2.24) is 4.31 Å². The first-order valence-corrected chi connectivity index (χ1v) is 12.4. The Morgan fingerprint density at radius 3 is 2.12 bits per heavy atom. The molecule has 0 unspecified atom stereocenters. The third-order valence-corrected chi connectivity index (χ3v) is 8.00. The van der Waals surface area contributed by atoms with Crippen molar-refractivity contribution in [1.29, 1.82) is 0 Å². The quantitative estimate of drug-likeness (QED) is 0.373. The van der Waals surface area contributed by atoms with Crippen molar-refractivity contribution < 1.29 is 21.8 Å². The van der Waals surface area contributed by atoms with Crippen LogP contribution in [0.1, 0.15) is 5.56 Å². The summed E-state index contributed by atoms with van der Waals surface area (Å²) >= 11 is 5.72. The van der Waals surface area contributed by atoms with Gasteiger partial charge in [-0.15, -0.1) is 0 Å². The fourth-order valence-electron chi connectivity index (χ4n) is 2.81. The maximum atomic E-state index is 12.8. The van der Waals surface area contributed by atoms with Gasteiger partial charge in [0, 0.05) is 25.3 Å². The number of hydrogen-bond donors (Lipinski definition) is 1. The van der Waals surface area contributed by atoms with E-state index in [0.717, 1.165) is 23.8 Å². The van der Waals surface area contributed by atoms with E-state index < -0.39 is 30.7 Å². The average molecular weight is 496 g/mol. The van der Waals surface area contributed by atoms with Crippen molar-refractivity contribution in [3.8, 4) is 0 Å². The van der Waals surface area contributed by atoms with Crippen LogP contribution in [0.3, 0.4) is 0 Å². The molecule has 0 aliphatic carbocycles. The van der Waals surface area contributed by atoms with Gasteiger partial charge in [-0.1, -0.05) is 41.9 Å². The molecule has 0 saturated heterocycles. The van der Waals surface area contributed by atoms with Crippen LogP contribution in [0.4, 0.5) is 11.4 Å². The monoisotopic (exact) mass is 495 g/mol. The lowest BCUT2D eigenvalue weighted by molar-refractivity contribution is -0.384. The highest BCUT2D eigenvalue weighted by Gasteiger charge is 2.23. The van der Waals surface area contributed by atoms with Gasteiger partial charge < -0.3 is 0 Å². The van der Waals surface area contributed by atoms with Gasteiger partial charge in [0.05, 0.1) is 14.7 Å². The summed E-state index contributed by atoms with van der Waals surface area (Å²) in [4.78, 5) is 9.85. The minimum atomic E-state index is -4.16. The van der Waals surface area contributed by atoms with Crippen molar-refractivity contribution in [3.05, 3.63) is 93.5 Å². The molecule has 12 heteroatoms. The lowest BCUT2D eigenvalue weighted by atomic mass is 10.2. The molecule has 32 heavy (non-hydrogen) atoms. The van der Waals surface area contributed by atoms with Crippen molar-refractivity contribution in [2.24, 2.45) is 0 Å². The maximum absolute atomic E-state index is 12.8. The SMILES string of the molecule is CN(Cc1ccccc1)S(=O)(=O)c1ccc(NS(=O)(=O)c2ccc(Cl)c([N+](=O)[O-])c2)cc1. The van der Waals surface area contributed by atoms with E-state index in [1.54, 1.807) is 0 Å². The fourth-order valence-corrected chi connectivity index (χ4v) is 5.24. The highest BCUT2D eigenvalue weighted by atomic mass is 35.5. The highest BCUT2D eigenvalue weighted by molar-refractivity contribution is 7.92. The number of benzene rings is 3. The molecule has 0 aromatic heterocycles. The molecule has 0 heterocycles. The molecule has 0 atom stereocenters. The van der Waals surface area contributed by atoms with E-state index in [2.05, 4.69) is 4.72 Å². The van der Waals surface area contributed by atoms with Gasteiger partial charge in [-0.05, 0) is 42.0 Å². The van der Waals surface area contributed by atoms with E-state index in [4.69, 9.17) is 11.6 Å². The fraction of sp³-hybridized carbons (Fsp3) is 0.100. The molecule has 1 N–H and O–H groups in total. The highest BCUT2D eigenvalue weighted by Crippen LogP contribution is 2.28. The molecular formula is C20H18ClN3O6S2. The second-order valence-corrected chi connectivity index (χ2v) is 10.9. The van der Waals surface area contributed by atoms with Gasteiger partial charge in [-0.25, -0.2) is 16.8 Å². The number of nitrogens with one attached hydrogen (secondary N) is 1. The predicted octanol–water partition coefficient (Wildman–Crippen LogP) is 3.87. The van der Waals surface area contributed by atoms with Crippen molar-refractivity contribution in [2.75, 3.05) is 11.8 Å². The van der Waals surface area contributed by atoms with Crippen LogP contribution < -0.4 is 4.72 Å². The molecule has 0 saturated carbocycles. The Kier molecular flexibility index (Phi) is 6.84. The molecule has 3 aromatic carbocycles. The van der Waals surface area contributed by atoms with E-state index in [-0.39, 0.29) is 27.0 Å². The predicted molar refractivity (Wildman–Crippen MR) is 120 cm³/mol. The third kappa shape index (κ3) is 5.25. The van der Waals surface area contributed by atoms with E-state index in [1.807, 2.05) is 30.3 Å². The van der Waals surface area contributed by atoms with E-state index in [9.17, 15) is 26.9 Å². The molecule has 0 amide bonds. The van der Waals surface area contributed by atoms with Crippen molar-refractivity contribution >= 4 is 43.0 Å². The smallest absolute Gasteiger partial charge is 0.280 e. The van der Waals surface area contributed by atoms with Crippen molar-refractivity contribution in [2.45, 2.75) is 16.3 Å². The van der Waals surface area contributed by atoms with Crippen LogP contribution in [0.2, 0.25) is 5.02 Å². The van der Waals surface area contributed by atoms with E-state index in [1.165, 1.54) is 35.6 Å². The zero-order valence-corrected chi connectivity index (χ0v) is 19.1. The average Bonchev–Trinajstić information content (AvgIpc) is 2.74. The summed E-state index contributed by atoms with van der Waals surface area (Å²) in [6.45, 7) is 0.174. The summed E-state index contributed by atoms with van der Waals surface area (Å²) in [5.41, 5.74) is 0.365. The van der Waals surface area contributed by atoms with Crippen LogP contribution in [0.25, 0.3) is 0 Å². The number of halogens is 1.